The molecule has 0 saturated carbocycles. The largest absolute Gasteiger partial charge is 0.217 e. The van der Waals surface area contributed by atoms with Gasteiger partial charge >= 0.3 is 0 Å². The van der Waals surface area contributed by atoms with Gasteiger partial charge in [0.25, 0.3) is 0 Å². The highest BCUT2D eigenvalue weighted by atomic mass is 32.2. The molecular formula is C18H15N3S2. The standard InChI is InChI=1S/C18H15N3S2/c1-13-7-9-14(10-8-13)12-22-18-20-21-11-16(19-17(21)23-18)15-5-3-2-4-6-15/h2-11H,12H2,1H3. The quantitative estimate of drug-likeness (QED) is 0.488. The molecule has 0 bridgehead atoms. The minimum atomic E-state index is 0.933. The molecule has 3 nitrogen and oxygen atoms in total. The number of aryl methyl sites for hydroxylation is 1. The highest BCUT2D eigenvalue weighted by Crippen LogP contribution is 2.29. The van der Waals surface area contributed by atoms with Gasteiger partial charge in [0.15, 0.2) is 4.34 Å². The molecule has 0 amide bonds. The first kappa shape index (κ1) is 14.5. The Bertz CT molecular complexity index is 892. The average molecular weight is 337 g/mol. The Labute approximate surface area is 143 Å². The van der Waals surface area contributed by atoms with Crippen LogP contribution in [-0.4, -0.2) is 14.6 Å². The Morgan fingerprint density at radius 2 is 1.83 bits per heavy atom. The number of hydrogen-bond donors (Lipinski definition) is 0. The topological polar surface area (TPSA) is 30.2 Å². The fourth-order valence-electron chi connectivity index (χ4n) is 2.32. The van der Waals surface area contributed by atoms with Crippen molar-refractivity contribution in [1.29, 1.82) is 0 Å². The van der Waals surface area contributed by atoms with Crippen molar-refractivity contribution in [3.8, 4) is 11.3 Å². The van der Waals surface area contributed by atoms with Crippen LogP contribution in [0.4, 0.5) is 0 Å². The van der Waals surface area contributed by atoms with E-state index < -0.39 is 0 Å². The van der Waals surface area contributed by atoms with Crippen molar-refractivity contribution in [1.82, 2.24) is 14.6 Å². The van der Waals surface area contributed by atoms with E-state index in [1.807, 2.05) is 28.9 Å². The minimum absolute atomic E-state index is 0.933. The number of imidazole rings is 1. The second-order valence-electron chi connectivity index (χ2n) is 5.36. The summed E-state index contributed by atoms with van der Waals surface area (Å²) in [4.78, 5) is 5.62. The van der Waals surface area contributed by atoms with Gasteiger partial charge < -0.3 is 0 Å². The molecule has 0 fully saturated rings. The van der Waals surface area contributed by atoms with Crippen LogP contribution in [0.15, 0.2) is 65.1 Å². The van der Waals surface area contributed by atoms with Gasteiger partial charge in [0.05, 0.1) is 11.9 Å². The monoisotopic (exact) mass is 337 g/mol. The van der Waals surface area contributed by atoms with Gasteiger partial charge in [-0.1, -0.05) is 83.3 Å². The molecule has 4 rings (SSSR count). The lowest BCUT2D eigenvalue weighted by molar-refractivity contribution is 0.915. The zero-order valence-electron chi connectivity index (χ0n) is 12.6. The number of thioether (sulfide) groups is 1. The smallest absolute Gasteiger partial charge is 0.213 e. The summed E-state index contributed by atoms with van der Waals surface area (Å²) in [5, 5.41) is 4.63. The van der Waals surface area contributed by atoms with Crippen LogP contribution < -0.4 is 0 Å². The molecule has 0 spiro atoms. The van der Waals surface area contributed by atoms with E-state index in [9.17, 15) is 0 Å². The summed E-state index contributed by atoms with van der Waals surface area (Å²) in [7, 11) is 0. The number of rotatable bonds is 4. The molecule has 0 unspecified atom stereocenters. The molecule has 0 saturated heterocycles. The zero-order chi connectivity index (χ0) is 15.6. The van der Waals surface area contributed by atoms with E-state index in [-0.39, 0.29) is 0 Å². The summed E-state index contributed by atoms with van der Waals surface area (Å²) in [6, 6.07) is 18.9. The van der Waals surface area contributed by atoms with Crippen molar-refractivity contribution >= 4 is 28.1 Å². The van der Waals surface area contributed by atoms with Gasteiger partial charge in [-0.05, 0) is 12.5 Å². The molecule has 2 heterocycles. The fraction of sp³-hybridized carbons (Fsp3) is 0.111. The molecule has 5 heteroatoms. The van der Waals surface area contributed by atoms with Crippen LogP contribution in [0.3, 0.4) is 0 Å². The normalized spacial score (nSPS) is 11.2. The predicted octanol–water partition coefficient (Wildman–Crippen LogP) is 5.06. The molecule has 0 aliphatic heterocycles. The Balaban J connectivity index is 1.51. The lowest BCUT2D eigenvalue weighted by Gasteiger charge is -1.99. The Kier molecular flexibility index (Phi) is 3.89. The molecule has 23 heavy (non-hydrogen) atoms. The highest BCUT2D eigenvalue weighted by Gasteiger charge is 2.10. The maximum absolute atomic E-state index is 4.68. The van der Waals surface area contributed by atoms with Crippen LogP contribution in [0.25, 0.3) is 16.2 Å². The van der Waals surface area contributed by atoms with Gasteiger partial charge in [0, 0.05) is 11.3 Å². The summed E-state index contributed by atoms with van der Waals surface area (Å²) in [6.07, 6.45) is 2.00. The molecule has 0 N–H and O–H groups in total. The second kappa shape index (κ2) is 6.18. The van der Waals surface area contributed by atoms with E-state index in [1.54, 1.807) is 23.1 Å². The third-order valence-electron chi connectivity index (χ3n) is 3.58. The van der Waals surface area contributed by atoms with Gasteiger partial charge in [0.2, 0.25) is 4.96 Å². The first-order chi connectivity index (χ1) is 11.3. The van der Waals surface area contributed by atoms with Crippen LogP contribution in [0, 0.1) is 6.92 Å². The highest BCUT2D eigenvalue weighted by molar-refractivity contribution is 8.00. The van der Waals surface area contributed by atoms with Crippen molar-refractivity contribution in [2.75, 3.05) is 0 Å². The van der Waals surface area contributed by atoms with Gasteiger partial charge in [-0.3, -0.25) is 0 Å². The number of benzene rings is 2. The second-order valence-corrected chi connectivity index (χ2v) is 7.54. The lowest BCUT2D eigenvalue weighted by Crippen LogP contribution is -1.83. The molecule has 2 aromatic carbocycles. The van der Waals surface area contributed by atoms with Crippen LogP contribution in [0.5, 0.6) is 0 Å². The summed E-state index contributed by atoms with van der Waals surface area (Å²) in [5.74, 6) is 0.933. The predicted molar refractivity (Wildman–Crippen MR) is 97.0 cm³/mol. The summed E-state index contributed by atoms with van der Waals surface area (Å²) < 4.78 is 2.93. The molecule has 114 valence electrons. The SMILES string of the molecule is Cc1ccc(CSc2nn3cc(-c4ccccc4)nc3s2)cc1. The van der Waals surface area contributed by atoms with Crippen molar-refractivity contribution in [3.63, 3.8) is 0 Å². The van der Waals surface area contributed by atoms with E-state index in [0.29, 0.717) is 0 Å². The van der Waals surface area contributed by atoms with Gasteiger partial charge in [-0.2, -0.15) is 0 Å². The maximum Gasteiger partial charge on any atom is 0.213 e. The molecular weight excluding hydrogens is 322 g/mol. The van der Waals surface area contributed by atoms with Crippen LogP contribution in [-0.2, 0) is 5.75 Å². The molecule has 0 radical (unpaired) electrons. The Morgan fingerprint density at radius 1 is 1.04 bits per heavy atom. The van der Waals surface area contributed by atoms with Gasteiger partial charge in [-0.15, -0.1) is 5.10 Å². The number of fused-ring (bicyclic) bond motifs is 1. The third kappa shape index (κ3) is 3.16. The van der Waals surface area contributed by atoms with Crippen LogP contribution in [0.1, 0.15) is 11.1 Å². The summed E-state index contributed by atoms with van der Waals surface area (Å²) in [5.41, 5.74) is 4.71. The van der Waals surface area contributed by atoms with E-state index in [0.717, 1.165) is 26.3 Å². The first-order valence-corrected chi connectivity index (χ1v) is 9.18. The molecule has 4 aromatic rings. The summed E-state index contributed by atoms with van der Waals surface area (Å²) >= 11 is 3.40. The first-order valence-electron chi connectivity index (χ1n) is 7.38. The number of hydrogen-bond acceptors (Lipinski definition) is 4. The number of aromatic nitrogens is 3. The Hall–Kier alpha value is -2.11. The van der Waals surface area contributed by atoms with Crippen molar-refractivity contribution in [2.45, 2.75) is 17.0 Å². The minimum Gasteiger partial charge on any atom is -0.217 e. The Morgan fingerprint density at radius 3 is 2.57 bits per heavy atom. The molecule has 0 aliphatic carbocycles. The third-order valence-corrected chi connectivity index (χ3v) is 5.70. The zero-order valence-corrected chi connectivity index (χ0v) is 14.3. The van der Waals surface area contributed by atoms with Crippen molar-refractivity contribution in [3.05, 3.63) is 71.9 Å². The fourth-order valence-corrected chi connectivity index (χ4v) is 4.20. The van der Waals surface area contributed by atoms with Gasteiger partial charge in [0.1, 0.15) is 0 Å². The van der Waals surface area contributed by atoms with E-state index >= 15 is 0 Å². The molecule has 2 aromatic heterocycles. The van der Waals surface area contributed by atoms with Crippen LogP contribution in [0.2, 0.25) is 0 Å². The van der Waals surface area contributed by atoms with E-state index in [1.165, 1.54) is 11.1 Å². The summed E-state index contributed by atoms with van der Waals surface area (Å²) in [6.45, 7) is 2.11. The lowest BCUT2D eigenvalue weighted by atomic mass is 10.2. The van der Waals surface area contributed by atoms with Gasteiger partial charge in [-0.25, -0.2) is 9.50 Å². The number of nitrogens with zero attached hydrogens (tertiary/aromatic N) is 3. The van der Waals surface area contributed by atoms with Crippen LogP contribution >= 0.6 is 23.1 Å². The van der Waals surface area contributed by atoms with E-state index in [4.69, 9.17) is 0 Å². The van der Waals surface area contributed by atoms with Crippen molar-refractivity contribution in [2.24, 2.45) is 0 Å². The molecule has 0 aliphatic rings. The van der Waals surface area contributed by atoms with E-state index in [2.05, 4.69) is 53.4 Å². The maximum atomic E-state index is 4.68. The van der Waals surface area contributed by atoms with Crippen molar-refractivity contribution < 1.29 is 0 Å². The average Bonchev–Trinajstić information content (AvgIpc) is 3.14. The molecule has 0 atom stereocenters.